The zero-order chi connectivity index (χ0) is 16.9. The average Bonchev–Trinajstić information content (AvgIpc) is 3.17. The molecular weight excluding hydrogens is 325 g/mol. The molecule has 3 aromatic rings. The Morgan fingerprint density at radius 1 is 0.760 bits per heavy atom. The summed E-state index contributed by atoms with van der Waals surface area (Å²) in [5.74, 6) is 3.14. The summed E-state index contributed by atoms with van der Waals surface area (Å²) in [6.07, 6.45) is 0. The summed E-state index contributed by atoms with van der Waals surface area (Å²) in [5.41, 5.74) is 1.26. The largest absolute Gasteiger partial charge is 0.477 e. The van der Waals surface area contributed by atoms with Gasteiger partial charge in [-0.25, -0.2) is 0 Å². The van der Waals surface area contributed by atoms with Gasteiger partial charge in [0, 0.05) is 5.82 Å². The molecule has 1 unspecified atom stereocenters. The van der Waals surface area contributed by atoms with Gasteiger partial charge in [-0.1, -0.05) is 91.0 Å². The highest BCUT2D eigenvalue weighted by Gasteiger charge is 2.23. The van der Waals surface area contributed by atoms with Crippen molar-refractivity contribution in [3.63, 3.8) is 0 Å². The third kappa shape index (κ3) is 3.75. The number of ether oxygens (including phenoxy) is 1. The van der Waals surface area contributed by atoms with Gasteiger partial charge in [0.25, 0.3) is 0 Å². The minimum atomic E-state index is -0.599. The van der Waals surface area contributed by atoms with Crippen LogP contribution in [0.1, 0.15) is 11.6 Å². The molecule has 0 aliphatic carbocycles. The summed E-state index contributed by atoms with van der Waals surface area (Å²) in [6.45, 7) is 0.669. The molecule has 3 heteroatoms. The number of hydrogen-bond donors (Lipinski definition) is 1. The van der Waals surface area contributed by atoms with Crippen LogP contribution in [0.4, 0.5) is 0 Å². The minimum absolute atomic E-state index is 0.218. The normalized spacial score (nSPS) is 18.1. The van der Waals surface area contributed by atoms with E-state index in [-0.39, 0.29) is 6.04 Å². The van der Waals surface area contributed by atoms with Gasteiger partial charge in [0.1, 0.15) is 6.61 Å². The van der Waals surface area contributed by atoms with E-state index in [1.807, 2.05) is 6.07 Å². The lowest BCUT2D eigenvalue weighted by Gasteiger charge is -2.15. The van der Waals surface area contributed by atoms with Crippen molar-refractivity contribution in [2.24, 2.45) is 0 Å². The fourth-order valence-electron chi connectivity index (χ4n) is 2.96. The fraction of sp³-hybridized carbons (Fsp3) is 0.0909. The van der Waals surface area contributed by atoms with E-state index >= 15 is 0 Å². The lowest BCUT2D eigenvalue weighted by molar-refractivity contribution is 0.255. The summed E-state index contributed by atoms with van der Waals surface area (Å²) >= 11 is 0. The molecule has 0 saturated carbocycles. The van der Waals surface area contributed by atoms with Crippen molar-refractivity contribution in [2.45, 2.75) is 6.04 Å². The highest BCUT2D eigenvalue weighted by atomic mass is 31.1. The molecule has 1 fully saturated rings. The molecule has 0 amide bonds. The first-order chi connectivity index (χ1) is 12.4. The van der Waals surface area contributed by atoms with Crippen LogP contribution < -0.4 is 15.9 Å². The number of hydrogen-bond acceptors (Lipinski definition) is 2. The molecule has 1 atom stereocenters. The molecule has 0 radical (unpaired) electrons. The van der Waals surface area contributed by atoms with Crippen LogP contribution in [0.25, 0.3) is 0 Å². The molecule has 1 saturated heterocycles. The molecular formula is C22H20NOP. The van der Waals surface area contributed by atoms with Gasteiger partial charge in [-0.05, 0) is 24.1 Å². The van der Waals surface area contributed by atoms with Crippen LogP contribution in [0.2, 0.25) is 0 Å². The molecule has 3 aromatic carbocycles. The molecule has 1 heterocycles. The van der Waals surface area contributed by atoms with Crippen molar-refractivity contribution in [2.75, 3.05) is 6.61 Å². The maximum Gasteiger partial charge on any atom is 0.188 e. The molecule has 1 aliphatic rings. The maximum atomic E-state index is 5.96. The molecule has 25 heavy (non-hydrogen) atoms. The first kappa shape index (κ1) is 15.9. The van der Waals surface area contributed by atoms with E-state index in [1.165, 1.54) is 16.2 Å². The third-order valence-corrected chi connectivity index (χ3v) is 6.44. The molecule has 0 aromatic heterocycles. The SMILES string of the molecule is C(=C1NC(c2ccccc2)CO1)P(c1ccccc1)c1ccccc1. The van der Waals surface area contributed by atoms with E-state index in [4.69, 9.17) is 4.74 Å². The average molecular weight is 345 g/mol. The minimum Gasteiger partial charge on any atom is -0.477 e. The summed E-state index contributed by atoms with van der Waals surface area (Å²) < 4.78 is 5.96. The van der Waals surface area contributed by atoms with Crippen LogP contribution >= 0.6 is 7.92 Å². The van der Waals surface area contributed by atoms with E-state index in [0.29, 0.717) is 6.61 Å². The summed E-state index contributed by atoms with van der Waals surface area (Å²) in [6, 6.07) is 32.0. The van der Waals surface area contributed by atoms with Gasteiger partial charge in [-0.2, -0.15) is 0 Å². The lowest BCUT2D eigenvalue weighted by Crippen LogP contribution is -2.15. The van der Waals surface area contributed by atoms with E-state index in [9.17, 15) is 0 Å². The van der Waals surface area contributed by atoms with Crippen molar-refractivity contribution < 1.29 is 4.74 Å². The van der Waals surface area contributed by atoms with Crippen molar-refractivity contribution in [3.8, 4) is 0 Å². The highest BCUT2D eigenvalue weighted by molar-refractivity contribution is 7.75. The topological polar surface area (TPSA) is 21.3 Å². The summed E-state index contributed by atoms with van der Waals surface area (Å²) in [7, 11) is -0.599. The smallest absolute Gasteiger partial charge is 0.188 e. The van der Waals surface area contributed by atoms with Gasteiger partial charge in [0.2, 0.25) is 0 Å². The zero-order valence-electron chi connectivity index (χ0n) is 13.9. The van der Waals surface area contributed by atoms with Crippen LogP contribution in [0.5, 0.6) is 0 Å². The molecule has 2 nitrogen and oxygen atoms in total. The Labute approximate surface area is 149 Å². The zero-order valence-corrected chi connectivity index (χ0v) is 14.8. The standard InChI is InChI=1S/C22H20NOP/c1-4-10-18(11-5-1)21-16-24-22(23-21)17-25(19-12-6-2-7-13-19)20-14-8-3-9-15-20/h1-15,17,21,23H,16H2. The predicted molar refractivity (Wildman–Crippen MR) is 105 cm³/mol. The molecule has 0 spiro atoms. The Balaban J connectivity index is 1.62. The van der Waals surface area contributed by atoms with Gasteiger partial charge in [0.05, 0.1) is 6.04 Å². The van der Waals surface area contributed by atoms with E-state index in [1.54, 1.807) is 0 Å². The monoisotopic (exact) mass is 345 g/mol. The second-order valence-corrected chi connectivity index (χ2v) is 7.98. The van der Waals surface area contributed by atoms with E-state index in [0.717, 1.165) is 5.88 Å². The van der Waals surface area contributed by atoms with Gasteiger partial charge in [0.15, 0.2) is 5.88 Å². The van der Waals surface area contributed by atoms with Crippen LogP contribution in [0.3, 0.4) is 0 Å². The number of benzene rings is 3. The molecule has 1 N–H and O–H groups in total. The second-order valence-electron chi connectivity index (χ2n) is 5.95. The quantitative estimate of drug-likeness (QED) is 0.713. The molecule has 0 bridgehead atoms. The van der Waals surface area contributed by atoms with Gasteiger partial charge in [-0.15, -0.1) is 0 Å². The molecule has 1 aliphatic heterocycles. The van der Waals surface area contributed by atoms with Crippen molar-refractivity contribution in [1.82, 2.24) is 5.32 Å². The third-order valence-electron chi connectivity index (χ3n) is 4.24. The van der Waals surface area contributed by atoms with Gasteiger partial charge >= 0.3 is 0 Å². The second kappa shape index (κ2) is 7.55. The molecule has 4 rings (SSSR count). The first-order valence-electron chi connectivity index (χ1n) is 8.45. The van der Waals surface area contributed by atoms with E-state index in [2.05, 4.69) is 96.1 Å². The predicted octanol–water partition coefficient (Wildman–Crippen LogP) is 4.28. The van der Waals surface area contributed by atoms with Crippen LogP contribution in [-0.4, -0.2) is 6.61 Å². The Kier molecular flexibility index (Phi) is 4.81. The molecule has 124 valence electrons. The fourth-order valence-corrected chi connectivity index (χ4v) is 4.93. The first-order valence-corrected chi connectivity index (χ1v) is 9.87. The lowest BCUT2D eigenvalue weighted by atomic mass is 10.1. The van der Waals surface area contributed by atoms with Crippen LogP contribution in [-0.2, 0) is 4.74 Å². The Morgan fingerprint density at radius 3 is 1.84 bits per heavy atom. The Bertz CT molecular complexity index is 794. The van der Waals surface area contributed by atoms with Crippen molar-refractivity contribution in [3.05, 3.63) is 108 Å². The number of nitrogens with one attached hydrogen (secondary N) is 1. The highest BCUT2D eigenvalue weighted by Crippen LogP contribution is 2.37. The maximum absolute atomic E-state index is 5.96. The van der Waals surface area contributed by atoms with Crippen molar-refractivity contribution >= 4 is 18.5 Å². The summed E-state index contributed by atoms with van der Waals surface area (Å²) in [5, 5.41) is 6.18. The number of rotatable bonds is 4. The van der Waals surface area contributed by atoms with Crippen molar-refractivity contribution in [1.29, 1.82) is 0 Å². The Hall–Kier alpha value is -2.57. The van der Waals surface area contributed by atoms with E-state index < -0.39 is 7.92 Å². The van der Waals surface area contributed by atoms with Gasteiger partial charge in [-0.3, -0.25) is 0 Å². The Morgan fingerprint density at radius 2 is 1.28 bits per heavy atom. The van der Waals surface area contributed by atoms with Crippen LogP contribution in [0.15, 0.2) is 103 Å². The van der Waals surface area contributed by atoms with Crippen LogP contribution in [0, 0.1) is 0 Å². The van der Waals surface area contributed by atoms with Gasteiger partial charge < -0.3 is 10.1 Å². The summed E-state index contributed by atoms with van der Waals surface area (Å²) in [4.78, 5) is 0.